The van der Waals surface area contributed by atoms with Gasteiger partial charge in [0.2, 0.25) is 0 Å². The van der Waals surface area contributed by atoms with Gasteiger partial charge in [-0.2, -0.15) is 0 Å². The van der Waals surface area contributed by atoms with Crippen molar-refractivity contribution in [3.63, 3.8) is 0 Å². The molecular formula is C19H29N3O. The minimum absolute atomic E-state index is 0.490. The van der Waals surface area contributed by atoms with Gasteiger partial charge in [-0.3, -0.25) is 4.99 Å². The normalized spacial score (nSPS) is 27.7. The van der Waals surface area contributed by atoms with E-state index in [9.17, 15) is 0 Å². The van der Waals surface area contributed by atoms with Crippen LogP contribution in [0.15, 0.2) is 29.3 Å². The van der Waals surface area contributed by atoms with Crippen molar-refractivity contribution in [3.8, 4) is 5.75 Å². The number of rotatable bonds is 3. The second-order valence-electron chi connectivity index (χ2n) is 6.94. The summed E-state index contributed by atoms with van der Waals surface area (Å²) in [6, 6.07) is 8.95. The summed E-state index contributed by atoms with van der Waals surface area (Å²) in [6.07, 6.45) is 6.25. The summed E-state index contributed by atoms with van der Waals surface area (Å²) in [6.45, 7) is 4.06. The number of para-hydroxylation sites is 1. The Morgan fingerprint density at radius 2 is 2.13 bits per heavy atom. The Kier molecular flexibility index (Phi) is 5.42. The molecular weight excluding hydrogens is 286 g/mol. The summed E-state index contributed by atoms with van der Waals surface area (Å²) in [4.78, 5) is 4.41. The second kappa shape index (κ2) is 7.71. The van der Waals surface area contributed by atoms with Crippen molar-refractivity contribution in [2.75, 3.05) is 20.2 Å². The monoisotopic (exact) mass is 315 g/mol. The van der Waals surface area contributed by atoms with Crippen LogP contribution < -0.4 is 15.4 Å². The second-order valence-corrected chi connectivity index (χ2v) is 6.94. The van der Waals surface area contributed by atoms with Gasteiger partial charge in [-0.1, -0.05) is 38.0 Å². The zero-order valence-corrected chi connectivity index (χ0v) is 14.3. The fourth-order valence-electron chi connectivity index (χ4n) is 3.80. The summed E-state index contributed by atoms with van der Waals surface area (Å²) in [5.74, 6) is 3.29. The largest absolute Gasteiger partial charge is 0.493 e. The molecule has 23 heavy (non-hydrogen) atoms. The number of benzene rings is 1. The van der Waals surface area contributed by atoms with Crippen LogP contribution in [-0.4, -0.2) is 32.2 Å². The predicted molar refractivity (Wildman–Crippen MR) is 95.2 cm³/mol. The average molecular weight is 315 g/mol. The number of aliphatic imine (C=N–C) groups is 1. The van der Waals surface area contributed by atoms with Crippen LogP contribution in [0.5, 0.6) is 5.75 Å². The Bertz CT molecular complexity index is 543. The molecule has 0 saturated heterocycles. The maximum Gasteiger partial charge on any atom is 0.191 e. The third-order valence-electron chi connectivity index (χ3n) is 5.10. The number of ether oxygens (including phenoxy) is 1. The lowest BCUT2D eigenvalue weighted by Gasteiger charge is -2.30. The van der Waals surface area contributed by atoms with Crippen molar-refractivity contribution in [1.82, 2.24) is 10.6 Å². The number of fused-ring (bicyclic) bond motifs is 1. The molecule has 0 aromatic heterocycles. The molecule has 1 aliphatic heterocycles. The first-order chi connectivity index (χ1) is 11.3. The van der Waals surface area contributed by atoms with E-state index in [1.807, 2.05) is 13.1 Å². The molecule has 0 bridgehead atoms. The van der Waals surface area contributed by atoms with E-state index in [4.69, 9.17) is 4.74 Å². The Morgan fingerprint density at radius 3 is 2.96 bits per heavy atom. The number of hydrogen-bond acceptors (Lipinski definition) is 2. The fraction of sp³-hybridized carbons (Fsp3) is 0.632. The standard InChI is InChI=1S/C19H29N3O/c1-14-6-5-7-16(12-14)22-19(20-2)21-13-15-10-11-23-18-9-4-3-8-17(15)18/h3-4,8-9,14-16H,5-7,10-13H2,1-2H3,(H2,20,21,22). The quantitative estimate of drug-likeness (QED) is 0.664. The summed E-state index contributed by atoms with van der Waals surface area (Å²) in [5, 5.41) is 7.13. The highest BCUT2D eigenvalue weighted by Crippen LogP contribution is 2.32. The van der Waals surface area contributed by atoms with Crippen molar-refractivity contribution in [1.29, 1.82) is 0 Å². The molecule has 3 atom stereocenters. The van der Waals surface area contributed by atoms with Gasteiger partial charge in [-0.15, -0.1) is 0 Å². The zero-order valence-electron chi connectivity index (χ0n) is 14.3. The van der Waals surface area contributed by atoms with E-state index < -0.39 is 0 Å². The summed E-state index contributed by atoms with van der Waals surface area (Å²) in [5.41, 5.74) is 1.31. The summed E-state index contributed by atoms with van der Waals surface area (Å²) >= 11 is 0. The van der Waals surface area contributed by atoms with Crippen molar-refractivity contribution in [2.45, 2.75) is 51.0 Å². The van der Waals surface area contributed by atoms with E-state index in [2.05, 4.69) is 40.7 Å². The maximum absolute atomic E-state index is 5.75. The smallest absolute Gasteiger partial charge is 0.191 e. The van der Waals surface area contributed by atoms with Gasteiger partial charge >= 0.3 is 0 Å². The molecule has 1 aromatic carbocycles. The molecule has 126 valence electrons. The van der Waals surface area contributed by atoms with Gasteiger partial charge < -0.3 is 15.4 Å². The minimum atomic E-state index is 0.490. The van der Waals surface area contributed by atoms with Gasteiger partial charge in [-0.05, 0) is 36.8 Å². The Morgan fingerprint density at radius 1 is 1.26 bits per heavy atom. The third kappa shape index (κ3) is 4.18. The molecule has 1 aromatic rings. The van der Waals surface area contributed by atoms with Crippen LogP contribution in [0.4, 0.5) is 0 Å². The first kappa shape index (κ1) is 16.2. The van der Waals surface area contributed by atoms with Crippen LogP contribution in [0.3, 0.4) is 0 Å². The van der Waals surface area contributed by atoms with Crippen LogP contribution in [0.2, 0.25) is 0 Å². The van der Waals surface area contributed by atoms with Crippen molar-refractivity contribution in [2.24, 2.45) is 10.9 Å². The zero-order chi connectivity index (χ0) is 16.1. The molecule has 4 heteroatoms. The van der Waals surface area contributed by atoms with Crippen LogP contribution in [0.25, 0.3) is 0 Å². The lowest BCUT2D eigenvalue weighted by Crippen LogP contribution is -2.46. The highest BCUT2D eigenvalue weighted by molar-refractivity contribution is 5.80. The van der Waals surface area contributed by atoms with Crippen molar-refractivity contribution < 1.29 is 4.74 Å². The van der Waals surface area contributed by atoms with Crippen LogP contribution in [-0.2, 0) is 0 Å². The first-order valence-corrected chi connectivity index (χ1v) is 8.95. The number of hydrogen-bond donors (Lipinski definition) is 2. The number of nitrogens with one attached hydrogen (secondary N) is 2. The van der Waals surface area contributed by atoms with E-state index >= 15 is 0 Å². The Labute approximate surface area is 139 Å². The van der Waals surface area contributed by atoms with E-state index in [-0.39, 0.29) is 0 Å². The molecule has 2 aliphatic rings. The maximum atomic E-state index is 5.75. The van der Waals surface area contributed by atoms with Gasteiger partial charge in [-0.25, -0.2) is 0 Å². The van der Waals surface area contributed by atoms with E-state index in [0.717, 1.165) is 37.2 Å². The van der Waals surface area contributed by atoms with Crippen LogP contribution in [0.1, 0.15) is 50.5 Å². The topological polar surface area (TPSA) is 45.7 Å². The third-order valence-corrected chi connectivity index (χ3v) is 5.10. The molecule has 1 saturated carbocycles. The Balaban J connectivity index is 1.55. The average Bonchev–Trinajstić information content (AvgIpc) is 2.58. The highest BCUT2D eigenvalue weighted by Gasteiger charge is 2.22. The molecule has 0 radical (unpaired) electrons. The van der Waals surface area contributed by atoms with Gasteiger partial charge in [0.1, 0.15) is 5.75 Å². The Hall–Kier alpha value is -1.71. The predicted octanol–water partition coefficient (Wildman–Crippen LogP) is 3.30. The van der Waals surface area contributed by atoms with Crippen LogP contribution >= 0.6 is 0 Å². The van der Waals surface area contributed by atoms with Gasteiger partial charge in [0.15, 0.2) is 5.96 Å². The number of guanidine groups is 1. The minimum Gasteiger partial charge on any atom is -0.493 e. The van der Waals surface area contributed by atoms with Gasteiger partial charge in [0, 0.05) is 25.6 Å². The number of nitrogens with zero attached hydrogens (tertiary/aromatic N) is 1. The molecule has 1 heterocycles. The van der Waals surface area contributed by atoms with Gasteiger partial charge in [0.05, 0.1) is 6.61 Å². The van der Waals surface area contributed by atoms with Crippen molar-refractivity contribution in [3.05, 3.63) is 29.8 Å². The van der Waals surface area contributed by atoms with Crippen molar-refractivity contribution >= 4 is 5.96 Å². The highest BCUT2D eigenvalue weighted by atomic mass is 16.5. The van der Waals surface area contributed by atoms with Gasteiger partial charge in [0.25, 0.3) is 0 Å². The lowest BCUT2D eigenvalue weighted by atomic mass is 9.87. The van der Waals surface area contributed by atoms with E-state index in [1.54, 1.807) is 0 Å². The van der Waals surface area contributed by atoms with E-state index in [0.29, 0.717) is 12.0 Å². The molecule has 3 rings (SSSR count). The SMILES string of the molecule is CN=C(NCC1CCOc2ccccc21)NC1CCCC(C)C1. The van der Waals surface area contributed by atoms with E-state index in [1.165, 1.54) is 31.2 Å². The molecule has 4 nitrogen and oxygen atoms in total. The molecule has 1 aliphatic carbocycles. The first-order valence-electron chi connectivity index (χ1n) is 8.95. The van der Waals surface area contributed by atoms with Crippen LogP contribution in [0, 0.1) is 5.92 Å². The lowest BCUT2D eigenvalue weighted by molar-refractivity contribution is 0.266. The summed E-state index contributed by atoms with van der Waals surface area (Å²) in [7, 11) is 1.86. The molecule has 3 unspecified atom stereocenters. The molecule has 2 N–H and O–H groups in total. The summed E-state index contributed by atoms with van der Waals surface area (Å²) < 4.78 is 5.75. The molecule has 0 spiro atoms. The fourth-order valence-corrected chi connectivity index (χ4v) is 3.80. The molecule has 0 amide bonds. The molecule has 1 fully saturated rings.